The smallest absolute Gasteiger partial charge is 0.256 e. The van der Waals surface area contributed by atoms with Crippen molar-refractivity contribution in [3.63, 3.8) is 0 Å². The normalized spacial score (nSPS) is 10.2. The number of phenols is 1. The second kappa shape index (κ2) is 4.74. The van der Waals surface area contributed by atoms with E-state index in [2.05, 4.69) is 15.5 Å². The number of phenolic OH excluding ortho intramolecular Hbond substituents is 1. The SMILES string of the molecule is Cc1cn[nH]c1NC(=O)c1ccc(I)c(O)c1. The number of nitrogens with one attached hydrogen (secondary N) is 2. The van der Waals surface area contributed by atoms with E-state index in [0.29, 0.717) is 15.0 Å². The maximum absolute atomic E-state index is 11.9. The van der Waals surface area contributed by atoms with Gasteiger partial charge in [-0.05, 0) is 47.7 Å². The number of rotatable bonds is 2. The fourth-order valence-electron chi connectivity index (χ4n) is 1.31. The summed E-state index contributed by atoms with van der Waals surface area (Å²) in [5.41, 5.74) is 1.25. The molecule has 0 atom stereocenters. The van der Waals surface area contributed by atoms with Gasteiger partial charge in [0, 0.05) is 11.1 Å². The molecule has 0 bridgehead atoms. The summed E-state index contributed by atoms with van der Waals surface area (Å²) in [5.74, 6) is 0.372. The van der Waals surface area contributed by atoms with E-state index in [1.807, 2.05) is 29.5 Å². The predicted molar refractivity (Wildman–Crippen MR) is 72.1 cm³/mol. The summed E-state index contributed by atoms with van der Waals surface area (Å²) in [6, 6.07) is 4.77. The van der Waals surface area contributed by atoms with Crippen molar-refractivity contribution in [3.05, 3.63) is 39.1 Å². The average Bonchev–Trinajstić information content (AvgIpc) is 2.68. The third-order valence-electron chi connectivity index (χ3n) is 2.28. The minimum Gasteiger partial charge on any atom is -0.507 e. The summed E-state index contributed by atoms with van der Waals surface area (Å²) in [7, 11) is 0. The number of aromatic amines is 1. The Morgan fingerprint density at radius 2 is 2.29 bits per heavy atom. The lowest BCUT2D eigenvalue weighted by atomic mass is 10.2. The van der Waals surface area contributed by atoms with Crippen LogP contribution >= 0.6 is 22.6 Å². The van der Waals surface area contributed by atoms with Gasteiger partial charge in [0.2, 0.25) is 0 Å². The molecule has 0 radical (unpaired) electrons. The van der Waals surface area contributed by atoms with E-state index in [1.54, 1.807) is 18.3 Å². The van der Waals surface area contributed by atoms with Gasteiger partial charge in [-0.25, -0.2) is 0 Å². The van der Waals surface area contributed by atoms with E-state index in [4.69, 9.17) is 0 Å². The molecule has 0 aliphatic heterocycles. The maximum atomic E-state index is 11.9. The molecule has 1 heterocycles. The van der Waals surface area contributed by atoms with Crippen LogP contribution in [0, 0.1) is 10.5 Å². The molecule has 1 amide bonds. The summed E-state index contributed by atoms with van der Waals surface area (Å²) in [6.07, 6.45) is 1.63. The van der Waals surface area contributed by atoms with Crippen LogP contribution in [0.4, 0.5) is 5.82 Å². The van der Waals surface area contributed by atoms with Crippen LogP contribution < -0.4 is 5.32 Å². The van der Waals surface area contributed by atoms with Crippen LogP contribution in [-0.2, 0) is 0 Å². The van der Waals surface area contributed by atoms with Gasteiger partial charge in [-0.3, -0.25) is 9.89 Å². The Bertz CT molecular complexity index is 566. The molecule has 88 valence electrons. The van der Waals surface area contributed by atoms with Gasteiger partial charge < -0.3 is 10.4 Å². The molecule has 5 nitrogen and oxygen atoms in total. The first kappa shape index (κ1) is 11.9. The number of carbonyl (C=O) groups is 1. The van der Waals surface area contributed by atoms with Crippen molar-refractivity contribution < 1.29 is 9.90 Å². The van der Waals surface area contributed by atoms with Crippen LogP contribution in [0.3, 0.4) is 0 Å². The summed E-state index contributed by atoms with van der Waals surface area (Å²) >= 11 is 1.99. The lowest BCUT2D eigenvalue weighted by Crippen LogP contribution is -2.12. The molecular formula is C11H10IN3O2. The highest BCUT2D eigenvalue weighted by Crippen LogP contribution is 2.21. The van der Waals surface area contributed by atoms with Gasteiger partial charge in [0.1, 0.15) is 11.6 Å². The van der Waals surface area contributed by atoms with E-state index in [9.17, 15) is 9.90 Å². The Morgan fingerprint density at radius 1 is 1.53 bits per heavy atom. The van der Waals surface area contributed by atoms with Crippen LogP contribution in [0.2, 0.25) is 0 Å². The Balaban J connectivity index is 2.20. The number of hydrogen-bond acceptors (Lipinski definition) is 3. The predicted octanol–water partition coefficient (Wildman–Crippen LogP) is 2.28. The molecule has 1 aromatic carbocycles. The molecule has 2 rings (SSSR count). The minimum absolute atomic E-state index is 0.0968. The summed E-state index contributed by atoms with van der Waals surface area (Å²) in [6.45, 7) is 1.84. The van der Waals surface area contributed by atoms with Crippen molar-refractivity contribution in [2.75, 3.05) is 5.32 Å². The molecular weight excluding hydrogens is 333 g/mol. The number of aromatic hydroxyl groups is 1. The molecule has 0 saturated heterocycles. The average molecular weight is 343 g/mol. The monoisotopic (exact) mass is 343 g/mol. The number of amides is 1. The summed E-state index contributed by atoms with van der Waals surface area (Å²) in [5, 5.41) is 18.7. The van der Waals surface area contributed by atoms with Gasteiger partial charge in [-0.2, -0.15) is 5.10 Å². The van der Waals surface area contributed by atoms with Crippen LogP contribution in [0.25, 0.3) is 0 Å². The molecule has 0 unspecified atom stereocenters. The van der Waals surface area contributed by atoms with Gasteiger partial charge in [0.25, 0.3) is 5.91 Å². The van der Waals surface area contributed by atoms with Gasteiger partial charge in [0.15, 0.2) is 0 Å². The van der Waals surface area contributed by atoms with E-state index in [0.717, 1.165) is 5.56 Å². The van der Waals surface area contributed by atoms with Crippen molar-refractivity contribution in [3.8, 4) is 5.75 Å². The Labute approximate surface area is 111 Å². The second-order valence-electron chi connectivity index (χ2n) is 3.55. The molecule has 3 N–H and O–H groups in total. The molecule has 1 aromatic heterocycles. The Morgan fingerprint density at radius 3 is 2.88 bits per heavy atom. The largest absolute Gasteiger partial charge is 0.507 e. The zero-order chi connectivity index (χ0) is 12.4. The number of halogens is 1. The zero-order valence-corrected chi connectivity index (χ0v) is 11.1. The van der Waals surface area contributed by atoms with Gasteiger partial charge in [-0.1, -0.05) is 0 Å². The van der Waals surface area contributed by atoms with E-state index < -0.39 is 0 Å². The van der Waals surface area contributed by atoms with Crippen molar-refractivity contribution in [2.45, 2.75) is 6.92 Å². The zero-order valence-electron chi connectivity index (χ0n) is 8.99. The van der Waals surface area contributed by atoms with Crippen molar-refractivity contribution in [2.24, 2.45) is 0 Å². The Kier molecular flexibility index (Phi) is 3.32. The first-order chi connectivity index (χ1) is 8.08. The Hall–Kier alpha value is -1.57. The van der Waals surface area contributed by atoms with Crippen LogP contribution in [0.15, 0.2) is 24.4 Å². The lowest BCUT2D eigenvalue weighted by molar-refractivity contribution is 0.102. The van der Waals surface area contributed by atoms with Gasteiger partial charge in [-0.15, -0.1) is 0 Å². The van der Waals surface area contributed by atoms with E-state index >= 15 is 0 Å². The third-order valence-corrected chi connectivity index (χ3v) is 3.19. The van der Waals surface area contributed by atoms with Crippen LogP contribution in [0.1, 0.15) is 15.9 Å². The molecule has 6 heteroatoms. The van der Waals surface area contributed by atoms with Crippen LogP contribution in [-0.4, -0.2) is 21.2 Å². The molecule has 0 spiro atoms. The maximum Gasteiger partial charge on any atom is 0.256 e. The third kappa shape index (κ3) is 2.57. The van der Waals surface area contributed by atoms with E-state index in [1.165, 1.54) is 6.07 Å². The summed E-state index contributed by atoms with van der Waals surface area (Å²) < 4.78 is 0.705. The number of hydrogen-bond donors (Lipinski definition) is 3. The van der Waals surface area contributed by atoms with Gasteiger partial charge in [0.05, 0.1) is 9.77 Å². The van der Waals surface area contributed by atoms with Crippen molar-refractivity contribution in [1.82, 2.24) is 10.2 Å². The number of carbonyl (C=O) groups excluding carboxylic acids is 1. The minimum atomic E-state index is -0.288. The molecule has 17 heavy (non-hydrogen) atoms. The van der Waals surface area contributed by atoms with Gasteiger partial charge >= 0.3 is 0 Å². The lowest BCUT2D eigenvalue weighted by Gasteiger charge is -2.05. The molecule has 0 fully saturated rings. The number of H-pyrrole nitrogens is 1. The first-order valence-electron chi connectivity index (χ1n) is 4.88. The number of benzene rings is 1. The highest BCUT2D eigenvalue weighted by atomic mass is 127. The first-order valence-corrected chi connectivity index (χ1v) is 5.95. The molecule has 0 aliphatic carbocycles. The number of anilines is 1. The van der Waals surface area contributed by atoms with Crippen LogP contribution in [0.5, 0.6) is 5.75 Å². The topological polar surface area (TPSA) is 78.0 Å². The fraction of sp³-hybridized carbons (Fsp3) is 0.0909. The highest BCUT2D eigenvalue weighted by molar-refractivity contribution is 14.1. The number of aromatic nitrogens is 2. The summed E-state index contributed by atoms with van der Waals surface area (Å²) in [4.78, 5) is 11.9. The highest BCUT2D eigenvalue weighted by Gasteiger charge is 2.10. The standard InChI is InChI=1S/C11H10IN3O2/c1-6-5-13-15-10(6)14-11(17)7-2-3-8(12)9(16)4-7/h2-5,16H,1H3,(H2,13,14,15,17). The van der Waals surface area contributed by atoms with Crippen molar-refractivity contribution in [1.29, 1.82) is 0 Å². The van der Waals surface area contributed by atoms with Crippen molar-refractivity contribution >= 4 is 34.3 Å². The van der Waals surface area contributed by atoms with E-state index in [-0.39, 0.29) is 11.7 Å². The number of aryl methyl sites for hydroxylation is 1. The molecule has 0 saturated carbocycles. The molecule has 0 aliphatic rings. The molecule has 2 aromatic rings. The fourth-order valence-corrected chi connectivity index (χ4v) is 1.65. The quantitative estimate of drug-likeness (QED) is 0.732. The number of nitrogens with zero attached hydrogens (tertiary/aromatic N) is 1. The second-order valence-corrected chi connectivity index (χ2v) is 4.71.